The molecule has 0 aliphatic rings. The second-order valence-electron chi connectivity index (χ2n) is 4.83. The number of carbonyl (C=O) groups excluding carboxylic acids is 1. The number of carboxylic acids is 1. The van der Waals surface area contributed by atoms with Crippen LogP contribution >= 0.6 is 11.6 Å². The number of anilines is 1. The molecule has 1 heterocycles. The molecule has 0 aliphatic heterocycles. The van der Waals surface area contributed by atoms with Crippen LogP contribution in [0.5, 0.6) is 0 Å². The third kappa shape index (κ3) is 5.14. The average molecular weight is 271 g/mol. The van der Waals surface area contributed by atoms with E-state index in [1.54, 1.807) is 26.0 Å². The standard InChI is InChI=1S/C12H15ClN2O3/c1-12(2,6-11(17)18)5-10(16)15-8-3-4-9(13)14-7-8/h3-4,7H,5-6H2,1-2H3,(H,15,16)(H,17,18). The summed E-state index contributed by atoms with van der Waals surface area (Å²) in [4.78, 5) is 26.2. The number of carboxylic acid groups (broad SMARTS) is 1. The van der Waals surface area contributed by atoms with Gasteiger partial charge in [-0.25, -0.2) is 4.98 Å². The minimum absolute atomic E-state index is 0.0563. The van der Waals surface area contributed by atoms with E-state index in [1.807, 2.05) is 0 Å². The van der Waals surface area contributed by atoms with Gasteiger partial charge < -0.3 is 10.4 Å². The Morgan fingerprint density at radius 3 is 2.56 bits per heavy atom. The summed E-state index contributed by atoms with van der Waals surface area (Å²) in [7, 11) is 0. The van der Waals surface area contributed by atoms with Crippen molar-refractivity contribution in [1.29, 1.82) is 0 Å². The van der Waals surface area contributed by atoms with Crippen LogP contribution in [0.3, 0.4) is 0 Å². The molecule has 0 aromatic carbocycles. The van der Waals surface area contributed by atoms with Crippen molar-refractivity contribution in [2.75, 3.05) is 5.32 Å². The molecule has 0 bridgehead atoms. The van der Waals surface area contributed by atoms with Crippen LogP contribution in [0.25, 0.3) is 0 Å². The van der Waals surface area contributed by atoms with Gasteiger partial charge in [0.2, 0.25) is 5.91 Å². The molecule has 0 saturated heterocycles. The van der Waals surface area contributed by atoms with Crippen LogP contribution in [0.15, 0.2) is 18.3 Å². The van der Waals surface area contributed by atoms with Crippen LogP contribution in [0.2, 0.25) is 5.15 Å². The largest absolute Gasteiger partial charge is 0.481 e. The molecule has 0 saturated carbocycles. The maximum absolute atomic E-state index is 11.7. The van der Waals surface area contributed by atoms with Crippen molar-refractivity contribution in [3.63, 3.8) is 0 Å². The van der Waals surface area contributed by atoms with Crippen LogP contribution < -0.4 is 5.32 Å². The minimum Gasteiger partial charge on any atom is -0.481 e. The highest BCUT2D eigenvalue weighted by Crippen LogP contribution is 2.25. The van der Waals surface area contributed by atoms with Gasteiger partial charge in [0, 0.05) is 6.42 Å². The Balaban J connectivity index is 2.56. The van der Waals surface area contributed by atoms with Crippen LogP contribution in [0.1, 0.15) is 26.7 Å². The maximum Gasteiger partial charge on any atom is 0.303 e. The van der Waals surface area contributed by atoms with Gasteiger partial charge in [-0.2, -0.15) is 0 Å². The van der Waals surface area contributed by atoms with Crippen molar-refractivity contribution < 1.29 is 14.7 Å². The van der Waals surface area contributed by atoms with Crippen molar-refractivity contribution in [2.24, 2.45) is 5.41 Å². The molecule has 0 atom stereocenters. The van der Waals surface area contributed by atoms with E-state index in [1.165, 1.54) is 6.20 Å². The lowest BCUT2D eigenvalue weighted by Crippen LogP contribution is -2.24. The number of nitrogens with zero attached hydrogens (tertiary/aromatic N) is 1. The van der Waals surface area contributed by atoms with E-state index < -0.39 is 11.4 Å². The summed E-state index contributed by atoms with van der Waals surface area (Å²) in [5.41, 5.74) is -0.0500. The number of aromatic nitrogens is 1. The molecule has 1 rings (SSSR count). The van der Waals surface area contributed by atoms with Crippen LogP contribution in [0.4, 0.5) is 5.69 Å². The first kappa shape index (κ1) is 14.4. The van der Waals surface area contributed by atoms with E-state index in [4.69, 9.17) is 16.7 Å². The first-order chi connectivity index (χ1) is 8.28. The first-order valence-electron chi connectivity index (χ1n) is 5.42. The molecule has 0 fully saturated rings. The van der Waals surface area contributed by atoms with Crippen molar-refractivity contribution in [1.82, 2.24) is 4.98 Å². The monoisotopic (exact) mass is 270 g/mol. The fourth-order valence-electron chi connectivity index (χ4n) is 1.56. The Labute approximate surface area is 110 Å². The molecule has 1 amide bonds. The third-order valence-electron chi connectivity index (χ3n) is 2.28. The number of nitrogens with one attached hydrogen (secondary N) is 1. The molecule has 1 aromatic rings. The van der Waals surface area contributed by atoms with Crippen LogP contribution in [0, 0.1) is 5.41 Å². The van der Waals surface area contributed by atoms with E-state index in [0.717, 1.165) is 0 Å². The van der Waals surface area contributed by atoms with Gasteiger partial charge >= 0.3 is 5.97 Å². The maximum atomic E-state index is 11.7. The Kier molecular flexibility index (Phi) is 4.67. The summed E-state index contributed by atoms with van der Waals surface area (Å²) in [6.45, 7) is 3.47. The highest BCUT2D eigenvalue weighted by Gasteiger charge is 2.25. The lowest BCUT2D eigenvalue weighted by atomic mass is 9.85. The summed E-state index contributed by atoms with van der Waals surface area (Å²) in [6.07, 6.45) is 1.52. The Bertz CT molecular complexity index is 443. The van der Waals surface area contributed by atoms with E-state index in [0.29, 0.717) is 10.8 Å². The van der Waals surface area contributed by atoms with Gasteiger partial charge in [0.05, 0.1) is 18.3 Å². The number of rotatable bonds is 5. The summed E-state index contributed by atoms with van der Waals surface area (Å²) >= 11 is 5.62. The predicted molar refractivity (Wildman–Crippen MR) is 68.5 cm³/mol. The van der Waals surface area contributed by atoms with Gasteiger partial charge in [-0.1, -0.05) is 25.4 Å². The molecule has 6 heteroatoms. The summed E-state index contributed by atoms with van der Waals surface area (Å²) in [6, 6.07) is 3.21. The second kappa shape index (κ2) is 5.82. The van der Waals surface area contributed by atoms with Crippen LogP contribution in [-0.2, 0) is 9.59 Å². The summed E-state index contributed by atoms with van der Waals surface area (Å²) in [5, 5.41) is 11.7. The third-order valence-corrected chi connectivity index (χ3v) is 2.50. The molecule has 1 aromatic heterocycles. The Morgan fingerprint density at radius 2 is 2.06 bits per heavy atom. The Morgan fingerprint density at radius 1 is 1.39 bits per heavy atom. The van der Waals surface area contributed by atoms with Crippen molar-refractivity contribution in [2.45, 2.75) is 26.7 Å². The minimum atomic E-state index is -0.916. The lowest BCUT2D eigenvalue weighted by Gasteiger charge is -2.21. The highest BCUT2D eigenvalue weighted by atomic mass is 35.5. The van der Waals surface area contributed by atoms with Gasteiger partial charge in [0.1, 0.15) is 5.15 Å². The second-order valence-corrected chi connectivity index (χ2v) is 5.22. The number of halogens is 1. The van der Waals surface area contributed by atoms with Crippen LogP contribution in [-0.4, -0.2) is 22.0 Å². The average Bonchev–Trinajstić information content (AvgIpc) is 2.18. The molecular formula is C12H15ClN2O3. The zero-order valence-corrected chi connectivity index (χ0v) is 11.0. The highest BCUT2D eigenvalue weighted by molar-refractivity contribution is 6.29. The molecule has 5 nitrogen and oxygen atoms in total. The smallest absolute Gasteiger partial charge is 0.303 e. The predicted octanol–water partition coefficient (Wildman–Crippen LogP) is 2.56. The molecule has 18 heavy (non-hydrogen) atoms. The van der Waals surface area contributed by atoms with E-state index in [9.17, 15) is 9.59 Å². The molecule has 0 spiro atoms. The molecule has 0 aliphatic carbocycles. The van der Waals surface area contributed by atoms with Gasteiger partial charge in [0.15, 0.2) is 0 Å². The molecular weight excluding hydrogens is 256 g/mol. The van der Waals surface area contributed by atoms with E-state index in [2.05, 4.69) is 10.3 Å². The molecule has 0 unspecified atom stereocenters. The number of hydrogen-bond donors (Lipinski definition) is 2. The number of aliphatic carboxylic acids is 1. The SMILES string of the molecule is CC(C)(CC(=O)O)CC(=O)Nc1ccc(Cl)nc1. The van der Waals surface area contributed by atoms with Crippen molar-refractivity contribution >= 4 is 29.2 Å². The number of pyridine rings is 1. The zero-order chi connectivity index (χ0) is 13.8. The van der Waals surface area contributed by atoms with Gasteiger partial charge in [-0.05, 0) is 17.5 Å². The number of hydrogen-bond acceptors (Lipinski definition) is 3. The topological polar surface area (TPSA) is 79.3 Å². The fourth-order valence-corrected chi connectivity index (χ4v) is 1.67. The zero-order valence-electron chi connectivity index (χ0n) is 10.2. The van der Waals surface area contributed by atoms with E-state index in [-0.39, 0.29) is 18.7 Å². The lowest BCUT2D eigenvalue weighted by molar-refractivity contribution is -0.139. The van der Waals surface area contributed by atoms with Gasteiger partial charge in [-0.15, -0.1) is 0 Å². The molecule has 98 valence electrons. The van der Waals surface area contributed by atoms with Crippen molar-refractivity contribution in [3.05, 3.63) is 23.5 Å². The molecule has 2 N–H and O–H groups in total. The number of carbonyl (C=O) groups is 2. The van der Waals surface area contributed by atoms with Crippen molar-refractivity contribution in [3.8, 4) is 0 Å². The molecule has 0 radical (unpaired) electrons. The summed E-state index contributed by atoms with van der Waals surface area (Å²) in [5.74, 6) is -1.16. The Hall–Kier alpha value is -1.62. The number of amides is 1. The van der Waals surface area contributed by atoms with E-state index >= 15 is 0 Å². The normalized spacial score (nSPS) is 11.1. The fraction of sp³-hybridized carbons (Fsp3) is 0.417. The quantitative estimate of drug-likeness (QED) is 0.806. The van der Waals surface area contributed by atoms with Gasteiger partial charge in [0.25, 0.3) is 0 Å². The van der Waals surface area contributed by atoms with Gasteiger partial charge in [-0.3, -0.25) is 9.59 Å². The first-order valence-corrected chi connectivity index (χ1v) is 5.79. The summed E-state index contributed by atoms with van der Waals surface area (Å²) < 4.78 is 0.